The molecule has 2 aromatic heterocycles. The maximum atomic E-state index is 13.9. The van der Waals surface area contributed by atoms with Gasteiger partial charge in [0.15, 0.2) is 0 Å². The Morgan fingerprint density at radius 3 is 2.71 bits per heavy atom. The molecule has 0 aliphatic carbocycles. The smallest absolute Gasteiger partial charge is 0.406 e. The summed E-state index contributed by atoms with van der Waals surface area (Å²) in [6.07, 6.45) is 0.376. The van der Waals surface area contributed by atoms with E-state index in [0.29, 0.717) is 48.3 Å². The Labute approximate surface area is 231 Å². The molecule has 5 rings (SSSR count). The first-order valence-electron chi connectivity index (χ1n) is 12.5. The Hall–Kier alpha value is -4.76. The zero-order valence-electron chi connectivity index (χ0n) is 21.4. The van der Waals surface area contributed by atoms with Crippen molar-refractivity contribution in [3.63, 3.8) is 0 Å². The minimum absolute atomic E-state index is 0.0156. The van der Waals surface area contributed by atoms with Gasteiger partial charge in [-0.1, -0.05) is 18.2 Å². The third kappa shape index (κ3) is 6.36. The average molecular weight is 568 g/mol. The van der Waals surface area contributed by atoms with Crippen LogP contribution in [0, 0.1) is 23.1 Å². The number of carbonyl (C=O) groups excluding carboxylic acids is 1. The number of nitriles is 1. The van der Waals surface area contributed by atoms with Gasteiger partial charge in [-0.25, -0.2) is 14.2 Å². The largest absolute Gasteiger partial charge is 0.573 e. The quantitative estimate of drug-likeness (QED) is 0.231. The van der Waals surface area contributed by atoms with Crippen molar-refractivity contribution in [2.24, 2.45) is 0 Å². The summed E-state index contributed by atoms with van der Waals surface area (Å²) in [5.74, 6) is -1.77. The monoisotopic (exact) mass is 567 g/mol. The molecule has 0 bridgehead atoms. The number of hydrogen-bond acceptors (Lipinski definition) is 5. The van der Waals surface area contributed by atoms with Crippen molar-refractivity contribution >= 4 is 23.0 Å². The number of rotatable bonds is 6. The summed E-state index contributed by atoms with van der Waals surface area (Å²) in [5, 5.41) is 12.2. The van der Waals surface area contributed by atoms with Gasteiger partial charge >= 0.3 is 12.4 Å². The van der Waals surface area contributed by atoms with Crippen molar-refractivity contribution in [2.75, 3.05) is 13.1 Å². The standard InChI is InChI=1S/C29H22F5N5O2/c30-24-12-18(3-4-20(24)15-35)2-1-10-38-11-8-25-23(17-38)22-6-5-21(41-29(32,33)34)14-26(22)39(25)28(40)37-16-19-7-9-36-27(31)13-19/h1-7,9,12-14H,8,10-11,16-17H2,(H,37,40)/b2-1+. The van der Waals surface area contributed by atoms with Crippen LogP contribution in [0.4, 0.5) is 26.7 Å². The lowest BCUT2D eigenvalue weighted by atomic mass is 10.0. The summed E-state index contributed by atoms with van der Waals surface area (Å²) in [6, 6.07) is 12.1. The van der Waals surface area contributed by atoms with E-state index in [2.05, 4.69) is 19.9 Å². The van der Waals surface area contributed by atoms with Crippen LogP contribution < -0.4 is 10.1 Å². The van der Waals surface area contributed by atoms with Gasteiger partial charge in [-0.2, -0.15) is 9.65 Å². The van der Waals surface area contributed by atoms with Gasteiger partial charge in [0, 0.05) is 55.9 Å². The summed E-state index contributed by atoms with van der Waals surface area (Å²) in [5.41, 5.74) is 2.71. The van der Waals surface area contributed by atoms with E-state index < -0.39 is 29.9 Å². The molecule has 1 amide bonds. The van der Waals surface area contributed by atoms with E-state index in [1.807, 2.05) is 6.08 Å². The Balaban J connectivity index is 1.41. The second-order valence-electron chi connectivity index (χ2n) is 9.37. The minimum Gasteiger partial charge on any atom is -0.406 e. The molecular formula is C29H22F5N5O2. The van der Waals surface area contributed by atoms with Crippen molar-refractivity contribution in [2.45, 2.75) is 25.9 Å². The van der Waals surface area contributed by atoms with E-state index in [-0.39, 0.29) is 17.6 Å². The number of hydrogen-bond donors (Lipinski definition) is 1. The van der Waals surface area contributed by atoms with Crippen LogP contribution in [0.5, 0.6) is 5.75 Å². The Bertz CT molecular complexity index is 1690. The first-order chi connectivity index (χ1) is 19.6. The molecule has 0 saturated heterocycles. The van der Waals surface area contributed by atoms with Gasteiger partial charge in [-0.05, 0) is 53.1 Å². The van der Waals surface area contributed by atoms with Gasteiger partial charge in [-0.3, -0.25) is 9.47 Å². The molecule has 0 spiro atoms. The number of fused-ring (bicyclic) bond motifs is 3. The lowest BCUT2D eigenvalue weighted by Gasteiger charge is -2.27. The topological polar surface area (TPSA) is 83.2 Å². The van der Waals surface area contributed by atoms with Gasteiger partial charge in [0.25, 0.3) is 0 Å². The second-order valence-corrected chi connectivity index (χ2v) is 9.37. The molecule has 2 aromatic carbocycles. The number of nitrogens with one attached hydrogen (secondary N) is 1. The average Bonchev–Trinajstić information content (AvgIpc) is 3.24. The third-order valence-corrected chi connectivity index (χ3v) is 6.66. The summed E-state index contributed by atoms with van der Waals surface area (Å²) in [4.78, 5) is 18.9. The zero-order valence-corrected chi connectivity index (χ0v) is 21.4. The summed E-state index contributed by atoms with van der Waals surface area (Å²) < 4.78 is 71.6. The number of pyridine rings is 1. The second kappa shape index (κ2) is 11.4. The lowest BCUT2D eigenvalue weighted by molar-refractivity contribution is -0.274. The fourth-order valence-corrected chi connectivity index (χ4v) is 4.85. The van der Waals surface area contributed by atoms with Crippen LogP contribution >= 0.6 is 0 Å². The first-order valence-corrected chi connectivity index (χ1v) is 12.5. The van der Waals surface area contributed by atoms with Crippen molar-refractivity contribution < 1.29 is 31.5 Å². The van der Waals surface area contributed by atoms with Crippen molar-refractivity contribution in [1.29, 1.82) is 5.26 Å². The minimum atomic E-state index is -4.90. The van der Waals surface area contributed by atoms with Crippen molar-refractivity contribution in [3.05, 3.63) is 101 Å². The molecule has 1 aliphatic heterocycles. The van der Waals surface area contributed by atoms with Crippen LogP contribution in [-0.4, -0.2) is 39.9 Å². The fraction of sp³-hybridized carbons (Fsp3) is 0.207. The van der Waals surface area contributed by atoms with Gasteiger partial charge in [0.2, 0.25) is 5.95 Å². The van der Waals surface area contributed by atoms with Crippen LogP contribution in [0.25, 0.3) is 17.0 Å². The fourth-order valence-electron chi connectivity index (χ4n) is 4.85. The van der Waals surface area contributed by atoms with Crippen LogP contribution in [0.1, 0.15) is 27.9 Å². The molecule has 7 nitrogen and oxygen atoms in total. The number of benzene rings is 2. The molecule has 41 heavy (non-hydrogen) atoms. The predicted octanol–water partition coefficient (Wildman–Crippen LogP) is 5.91. The highest BCUT2D eigenvalue weighted by Gasteiger charge is 2.32. The molecule has 3 heterocycles. The highest BCUT2D eigenvalue weighted by molar-refractivity contribution is 5.96. The molecule has 12 heteroatoms. The maximum Gasteiger partial charge on any atom is 0.573 e. The van der Waals surface area contributed by atoms with E-state index in [9.17, 15) is 26.7 Å². The molecule has 0 radical (unpaired) electrons. The summed E-state index contributed by atoms with van der Waals surface area (Å²) in [7, 11) is 0. The van der Waals surface area contributed by atoms with E-state index >= 15 is 0 Å². The highest BCUT2D eigenvalue weighted by atomic mass is 19.4. The van der Waals surface area contributed by atoms with Crippen LogP contribution in [0.2, 0.25) is 0 Å². The first kappa shape index (κ1) is 27.8. The van der Waals surface area contributed by atoms with E-state index in [1.165, 1.54) is 47.2 Å². The van der Waals surface area contributed by atoms with Gasteiger partial charge in [0.05, 0.1) is 11.1 Å². The van der Waals surface area contributed by atoms with Crippen LogP contribution in [-0.2, 0) is 19.5 Å². The predicted molar refractivity (Wildman–Crippen MR) is 140 cm³/mol. The van der Waals surface area contributed by atoms with E-state index in [1.54, 1.807) is 24.3 Å². The SMILES string of the molecule is N#Cc1ccc(/C=C/CN2CCc3c(c4ccc(OC(F)(F)F)cc4n3C(=O)NCc3ccnc(F)c3)C2)cc1F. The maximum absolute atomic E-state index is 13.9. The molecule has 0 saturated carbocycles. The molecule has 1 aliphatic rings. The lowest BCUT2D eigenvalue weighted by Crippen LogP contribution is -2.34. The molecule has 1 N–H and O–H groups in total. The molecule has 210 valence electrons. The number of halogens is 5. The highest BCUT2D eigenvalue weighted by Crippen LogP contribution is 2.34. The van der Waals surface area contributed by atoms with Gasteiger partial charge < -0.3 is 10.1 Å². The number of alkyl halides is 3. The summed E-state index contributed by atoms with van der Waals surface area (Å²) >= 11 is 0. The van der Waals surface area contributed by atoms with Gasteiger partial charge in [-0.15, -0.1) is 13.2 Å². The van der Waals surface area contributed by atoms with E-state index in [4.69, 9.17) is 5.26 Å². The molecule has 0 unspecified atom stereocenters. The summed E-state index contributed by atoms with van der Waals surface area (Å²) in [6.45, 7) is 1.43. The molecule has 0 fully saturated rings. The van der Waals surface area contributed by atoms with Gasteiger partial charge in [0.1, 0.15) is 17.6 Å². The number of aromatic nitrogens is 2. The number of ether oxygens (including phenoxy) is 1. The Morgan fingerprint density at radius 2 is 1.98 bits per heavy atom. The van der Waals surface area contributed by atoms with Crippen LogP contribution in [0.3, 0.4) is 0 Å². The van der Waals surface area contributed by atoms with Crippen molar-refractivity contribution in [1.82, 2.24) is 19.8 Å². The molecule has 4 aromatic rings. The Kier molecular flexibility index (Phi) is 7.72. The number of amides is 1. The van der Waals surface area contributed by atoms with Crippen molar-refractivity contribution in [3.8, 4) is 11.8 Å². The van der Waals surface area contributed by atoms with Crippen LogP contribution in [0.15, 0.2) is 60.8 Å². The molecular weight excluding hydrogens is 545 g/mol. The number of carbonyl (C=O) groups is 1. The Morgan fingerprint density at radius 1 is 1.15 bits per heavy atom. The zero-order chi connectivity index (χ0) is 29.1. The third-order valence-electron chi connectivity index (χ3n) is 6.66. The normalized spacial score (nSPS) is 13.8. The molecule has 0 atom stereocenters. The van der Waals surface area contributed by atoms with E-state index in [0.717, 1.165) is 5.56 Å². The number of nitrogens with zero attached hydrogens (tertiary/aromatic N) is 4.